The highest BCUT2D eigenvalue weighted by Gasteiger charge is 2.06. The van der Waals surface area contributed by atoms with Gasteiger partial charge in [0.1, 0.15) is 5.76 Å². The van der Waals surface area contributed by atoms with Crippen molar-refractivity contribution < 1.29 is 19.1 Å². The van der Waals surface area contributed by atoms with Gasteiger partial charge in [0.15, 0.2) is 23.2 Å². The predicted octanol–water partition coefficient (Wildman–Crippen LogP) is 2.20. The van der Waals surface area contributed by atoms with Gasteiger partial charge in [0.25, 0.3) is 0 Å². The van der Waals surface area contributed by atoms with Crippen LogP contribution >= 0.6 is 0 Å². The van der Waals surface area contributed by atoms with Gasteiger partial charge in [-0.3, -0.25) is 0 Å². The van der Waals surface area contributed by atoms with E-state index < -0.39 is 5.97 Å². The van der Waals surface area contributed by atoms with Crippen LogP contribution in [0.2, 0.25) is 0 Å². The second-order valence-electron chi connectivity index (χ2n) is 3.15. The topological polar surface area (TPSA) is 72.6 Å². The van der Waals surface area contributed by atoms with E-state index in [2.05, 4.69) is 4.98 Å². The molecule has 82 valence electrons. The van der Waals surface area contributed by atoms with E-state index in [0.717, 1.165) is 6.08 Å². The van der Waals surface area contributed by atoms with Gasteiger partial charge in [0.2, 0.25) is 0 Å². The highest BCUT2D eigenvalue weighted by Crippen LogP contribution is 2.25. The average Bonchev–Trinajstić information content (AvgIpc) is 2.65. The standard InChI is InChI=1S/C11H9NO4/c1-7(5-10(13)14)16-9-4-2-3-8-11(9)12-6-15-8/h2-6H,1H3,(H,13,14)/b7-5+. The number of nitrogens with zero attached hydrogens (tertiary/aromatic N) is 1. The van der Waals surface area contributed by atoms with Crippen molar-refractivity contribution in [3.63, 3.8) is 0 Å². The van der Waals surface area contributed by atoms with E-state index >= 15 is 0 Å². The fourth-order valence-electron chi connectivity index (χ4n) is 1.32. The first-order valence-corrected chi connectivity index (χ1v) is 4.58. The van der Waals surface area contributed by atoms with Crippen LogP contribution in [0.5, 0.6) is 5.75 Å². The minimum absolute atomic E-state index is 0.281. The van der Waals surface area contributed by atoms with Crippen molar-refractivity contribution in [2.24, 2.45) is 0 Å². The Hall–Kier alpha value is -2.30. The molecule has 5 nitrogen and oxygen atoms in total. The molecule has 16 heavy (non-hydrogen) atoms. The lowest BCUT2D eigenvalue weighted by molar-refractivity contribution is -0.131. The maximum absolute atomic E-state index is 10.4. The maximum atomic E-state index is 10.4. The summed E-state index contributed by atoms with van der Waals surface area (Å²) >= 11 is 0. The Kier molecular flexibility index (Phi) is 2.59. The van der Waals surface area contributed by atoms with E-state index in [0.29, 0.717) is 16.8 Å². The van der Waals surface area contributed by atoms with Crippen molar-refractivity contribution in [3.8, 4) is 5.75 Å². The van der Waals surface area contributed by atoms with Crippen molar-refractivity contribution in [1.29, 1.82) is 0 Å². The minimum Gasteiger partial charge on any atom is -0.478 e. The second-order valence-corrected chi connectivity index (χ2v) is 3.15. The molecule has 0 bridgehead atoms. The Morgan fingerprint density at radius 2 is 2.38 bits per heavy atom. The van der Waals surface area contributed by atoms with Crippen LogP contribution in [0, 0.1) is 0 Å². The van der Waals surface area contributed by atoms with Gasteiger partial charge in [-0.25, -0.2) is 9.78 Å². The van der Waals surface area contributed by atoms with Gasteiger partial charge in [0.05, 0.1) is 6.08 Å². The van der Waals surface area contributed by atoms with Crippen LogP contribution in [-0.2, 0) is 4.79 Å². The predicted molar refractivity (Wildman–Crippen MR) is 56.0 cm³/mol. The van der Waals surface area contributed by atoms with Crippen LogP contribution in [0.3, 0.4) is 0 Å². The second kappa shape index (κ2) is 4.06. The Balaban J connectivity index is 2.34. The summed E-state index contributed by atoms with van der Waals surface area (Å²) in [4.78, 5) is 14.4. The van der Waals surface area contributed by atoms with Gasteiger partial charge in [-0.1, -0.05) is 6.07 Å². The molecule has 2 aromatic rings. The molecule has 0 radical (unpaired) electrons. The van der Waals surface area contributed by atoms with E-state index in [9.17, 15) is 4.79 Å². The fourth-order valence-corrected chi connectivity index (χ4v) is 1.32. The number of fused-ring (bicyclic) bond motifs is 1. The first-order chi connectivity index (χ1) is 7.66. The van der Waals surface area contributed by atoms with E-state index in [1.807, 2.05) is 0 Å². The smallest absolute Gasteiger partial charge is 0.331 e. The molecular formula is C11H9NO4. The van der Waals surface area contributed by atoms with Crippen LogP contribution in [0.4, 0.5) is 0 Å². The number of aromatic nitrogens is 1. The van der Waals surface area contributed by atoms with Crippen LogP contribution in [0.15, 0.2) is 40.8 Å². The first-order valence-electron chi connectivity index (χ1n) is 4.58. The number of hydrogen-bond acceptors (Lipinski definition) is 4. The maximum Gasteiger partial charge on any atom is 0.331 e. The number of carboxylic acids is 1. The summed E-state index contributed by atoms with van der Waals surface area (Å²) in [6.07, 6.45) is 2.30. The Bertz CT molecular complexity index is 556. The third kappa shape index (κ3) is 2.03. The van der Waals surface area contributed by atoms with Crippen molar-refractivity contribution in [2.75, 3.05) is 0 Å². The number of allylic oxidation sites excluding steroid dienone is 1. The van der Waals surface area contributed by atoms with Crippen molar-refractivity contribution in [2.45, 2.75) is 6.92 Å². The lowest BCUT2D eigenvalue weighted by Gasteiger charge is -2.04. The number of para-hydroxylation sites is 1. The quantitative estimate of drug-likeness (QED) is 0.632. The van der Waals surface area contributed by atoms with Gasteiger partial charge in [-0.05, 0) is 19.1 Å². The van der Waals surface area contributed by atoms with Gasteiger partial charge in [0, 0.05) is 0 Å². The van der Waals surface area contributed by atoms with E-state index in [1.54, 1.807) is 25.1 Å². The molecule has 0 aliphatic carbocycles. The monoisotopic (exact) mass is 219 g/mol. The molecule has 0 saturated carbocycles. The molecule has 0 spiro atoms. The number of carbonyl (C=O) groups is 1. The molecule has 1 heterocycles. The summed E-state index contributed by atoms with van der Waals surface area (Å²) in [7, 11) is 0. The molecule has 0 amide bonds. The molecule has 0 atom stereocenters. The highest BCUT2D eigenvalue weighted by atomic mass is 16.5. The van der Waals surface area contributed by atoms with Crippen LogP contribution in [0.25, 0.3) is 11.1 Å². The zero-order valence-electron chi connectivity index (χ0n) is 8.51. The van der Waals surface area contributed by atoms with E-state index in [-0.39, 0.29) is 5.76 Å². The Labute approximate surface area is 91.0 Å². The van der Waals surface area contributed by atoms with Gasteiger partial charge in [-0.15, -0.1) is 0 Å². The molecule has 2 rings (SSSR count). The fraction of sp³-hybridized carbons (Fsp3) is 0.0909. The van der Waals surface area contributed by atoms with Crippen molar-refractivity contribution in [1.82, 2.24) is 4.98 Å². The zero-order chi connectivity index (χ0) is 11.5. The molecule has 0 saturated heterocycles. The van der Waals surface area contributed by atoms with Gasteiger partial charge < -0.3 is 14.3 Å². The van der Waals surface area contributed by atoms with Gasteiger partial charge in [-0.2, -0.15) is 0 Å². The summed E-state index contributed by atoms with van der Waals surface area (Å²) in [6.45, 7) is 1.56. The number of rotatable bonds is 3. The third-order valence-electron chi connectivity index (χ3n) is 1.92. The molecule has 0 aliphatic rings. The lowest BCUT2D eigenvalue weighted by atomic mass is 10.3. The largest absolute Gasteiger partial charge is 0.478 e. The molecular weight excluding hydrogens is 210 g/mol. The number of oxazole rings is 1. The normalized spacial score (nSPS) is 11.7. The molecule has 0 unspecified atom stereocenters. The van der Waals surface area contributed by atoms with E-state index in [1.165, 1.54) is 6.39 Å². The summed E-state index contributed by atoms with van der Waals surface area (Å²) in [5.41, 5.74) is 1.17. The average molecular weight is 219 g/mol. The molecule has 1 N–H and O–H groups in total. The molecule has 0 aliphatic heterocycles. The number of benzene rings is 1. The first kappa shape index (κ1) is 10.2. The number of ether oxygens (including phenoxy) is 1. The highest BCUT2D eigenvalue weighted by molar-refractivity contribution is 5.81. The molecule has 5 heteroatoms. The van der Waals surface area contributed by atoms with Crippen LogP contribution in [-0.4, -0.2) is 16.1 Å². The Morgan fingerprint density at radius 3 is 3.12 bits per heavy atom. The summed E-state index contributed by atoms with van der Waals surface area (Å²) in [5.74, 6) is -0.297. The minimum atomic E-state index is -1.05. The molecule has 0 fully saturated rings. The van der Waals surface area contributed by atoms with Crippen molar-refractivity contribution >= 4 is 17.1 Å². The lowest BCUT2D eigenvalue weighted by Crippen LogP contribution is -1.96. The zero-order valence-corrected chi connectivity index (χ0v) is 8.51. The SMILES string of the molecule is C/C(=C\C(=O)O)Oc1cccc2ocnc12. The summed E-state index contributed by atoms with van der Waals surface area (Å²) in [6, 6.07) is 5.20. The van der Waals surface area contributed by atoms with Gasteiger partial charge >= 0.3 is 5.97 Å². The van der Waals surface area contributed by atoms with Crippen LogP contribution in [0.1, 0.15) is 6.92 Å². The number of hydrogen-bond donors (Lipinski definition) is 1. The molecule has 1 aromatic heterocycles. The van der Waals surface area contributed by atoms with Crippen LogP contribution < -0.4 is 4.74 Å². The van der Waals surface area contributed by atoms with E-state index in [4.69, 9.17) is 14.3 Å². The summed E-state index contributed by atoms with van der Waals surface area (Å²) in [5, 5.41) is 8.54. The third-order valence-corrected chi connectivity index (χ3v) is 1.92. The number of carboxylic acid groups (broad SMARTS) is 1. The van der Waals surface area contributed by atoms with Crippen molar-refractivity contribution in [3.05, 3.63) is 36.4 Å². The summed E-state index contributed by atoms with van der Waals surface area (Å²) < 4.78 is 10.4. The number of aliphatic carboxylic acids is 1. The molecule has 1 aromatic carbocycles. The Morgan fingerprint density at radius 1 is 1.56 bits per heavy atom.